The lowest BCUT2D eigenvalue weighted by Crippen LogP contribution is -2.28. The highest BCUT2D eigenvalue weighted by molar-refractivity contribution is 7.47. The summed E-state index contributed by atoms with van der Waals surface area (Å²) >= 11 is 0. The Balaban J connectivity index is 4.04. The number of aliphatic hydroxyl groups excluding tert-OH is 2. The van der Waals surface area contributed by atoms with Gasteiger partial charge in [0.2, 0.25) is 0 Å². The van der Waals surface area contributed by atoms with Crippen LogP contribution in [0.5, 0.6) is 0 Å². The molecule has 0 saturated carbocycles. The Hall–Kier alpha value is -1.03. The van der Waals surface area contributed by atoms with Gasteiger partial charge in [-0.1, -0.05) is 84.5 Å². The Morgan fingerprint density at radius 2 is 1.00 bits per heavy atom. The summed E-state index contributed by atoms with van der Waals surface area (Å²) in [6.45, 7) is 1.85. The molecule has 0 rings (SSSR count). The van der Waals surface area contributed by atoms with Gasteiger partial charge in [0.05, 0.1) is 26.4 Å². The van der Waals surface area contributed by atoms with E-state index >= 15 is 0 Å². The van der Waals surface area contributed by atoms with E-state index in [1.165, 1.54) is 44.9 Å². The quantitative estimate of drug-likeness (QED) is 0.0836. The lowest BCUT2D eigenvalue weighted by molar-refractivity contribution is -0.153. The SMILES string of the molecule is CCCCCCCCCCCCCC(=O)OC(CO)COP(=O)(O)OCC(CO)OC(=O)CCCC. The average molecular weight is 541 g/mol. The van der Waals surface area contributed by atoms with Crippen molar-refractivity contribution in [1.82, 2.24) is 0 Å². The minimum absolute atomic E-state index is 0.170. The predicted octanol–water partition coefficient (Wildman–Crippen LogP) is 4.82. The van der Waals surface area contributed by atoms with Crippen molar-refractivity contribution in [3.05, 3.63) is 0 Å². The normalized spacial score (nSPS) is 14.7. The van der Waals surface area contributed by atoms with Gasteiger partial charge >= 0.3 is 19.8 Å². The summed E-state index contributed by atoms with van der Waals surface area (Å²) in [6.07, 6.45) is 12.3. The zero-order valence-corrected chi connectivity index (χ0v) is 23.1. The van der Waals surface area contributed by atoms with Gasteiger partial charge in [-0.25, -0.2) is 4.57 Å². The zero-order valence-electron chi connectivity index (χ0n) is 22.2. The second-order valence-electron chi connectivity index (χ2n) is 9.04. The molecule has 0 saturated heterocycles. The zero-order chi connectivity index (χ0) is 27.1. The standard InChI is InChI=1S/C25H49O10P/c1-3-5-7-8-9-10-11-12-13-14-15-17-25(29)35-23(19-27)21-33-36(30,31)32-20-22(18-26)34-24(28)16-6-4-2/h22-23,26-27H,3-21H2,1-2H3,(H,30,31). The number of ether oxygens (including phenoxy) is 2. The average Bonchev–Trinajstić information content (AvgIpc) is 2.86. The van der Waals surface area contributed by atoms with Crippen LogP contribution in [0.4, 0.5) is 0 Å². The van der Waals surface area contributed by atoms with Crippen LogP contribution < -0.4 is 0 Å². The van der Waals surface area contributed by atoms with Crippen LogP contribution in [-0.4, -0.2) is 65.7 Å². The topological polar surface area (TPSA) is 149 Å². The molecule has 0 bridgehead atoms. The van der Waals surface area contributed by atoms with Crippen LogP contribution in [0.25, 0.3) is 0 Å². The van der Waals surface area contributed by atoms with Crippen molar-refractivity contribution in [2.24, 2.45) is 0 Å². The van der Waals surface area contributed by atoms with Gasteiger partial charge in [-0.2, -0.15) is 0 Å². The molecular formula is C25H49O10P. The van der Waals surface area contributed by atoms with Crippen LogP contribution in [0.3, 0.4) is 0 Å². The van der Waals surface area contributed by atoms with Gasteiger partial charge in [-0.05, 0) is 12.8 Å². The minimum Gasteiger partial charge on any atom is -0.457 e. The first-order valence-corrected chi connectivity index (χ1v) is 15.0. The van der Waals surface area contributed by atoms with Gasteiger partial charge in [-0.15, -0.1) is 0 Å². The van der Waals surface area contributed by atoms with Crippen molar-refractivity contribution in [1.29, 1.82) is 0 Å². The summed E-state index contributed by atoms with van der Waals surface area (Å²) in [4.78, 5) is 33.4. The molecule has 0 aromatic carbocycles. The maximum Gasteiger partial charge on any atom is 0.472 e. The van der Waals surface area contributed by atoms with E-state index in [1.54, 1.807) is 0 Å². The molecule has 0 aromatic rings. The maximum absolute atomic E-state index is 12.0. The van der Waals surface area contributed by atoms with Crippen LogP contribution in [0.15, 0.2) is 0 Å². The van der Waals surface area contributed by atoms with Gasteiger partial charge in [0.25, 0.3) is 0 Å². The smallest absolute Gasteiger partial charge is 0.457 e. The Bertz CT molecular complexity index is 601. The second-order valence-corrected chi connectivity index (χ2v) is 10.5. The number of aliphatic hydroxyl groups is 2. The molecule has 0 aliphatic carbocycles. The predicted molar refractivity (Wildman–Crippen MR) is 136 cm³/mol. The monoisotopic (exact) mass is 540 g/mol. The van der Waals surface area contributed by atoms with Crippen molar-refractivity contribution in [2.75, 3.05) is 26.4 Å². The van der Waals surface area contributed by atoms with Crippen LogP contribution >= 0.6 is 7.82 Å². The van der Waals surface area contributed by atoms with Gasteiger partial charge < -0.3 is 24.6 Å². The van der Waals surface area contributed by atoms with E-state index in [2.05, 4.69) is 6.92 Å². The lowest BCUT2D eigenvalue weighted by atomic mass is 10.1. The molecule has 0 heterocycles. The molecule has 0 radical (unpaired) electrons. The van der Waals surface area contributed by atoms with E-state index in [0.717, 1.165) is 25.7 Å². The van der Waals surface area contributed by atoms with Gasteiger partial charge in [0, 0.05) is 12.8 Å². The van der Waals surface area contributed by atoms with Crippen molar-refractivity contribution in [3.63, 3.8) is 0 Å². The lowest BCUT2D eigenvalue weighted by Gasteiger charge is -2.20. The van der Waals surface area contributed by atoms with Crippen LogP contribution in [0.2, 0.25) is 0 Å². The Morgan fingerprint density at radius 3 is 1.39 bits per heavy atom. The fourth-order valence-corrected chi connectivity index (χ4v) is 4.17. The Kier molecular flexibility index (Phi) is 22.5. The van der Waals surface area contributed by atoms with Gasteiger partial charge in [0.15, 0.2) is 0 Å². The summed E-state index contributed by atoms with van der Waals surface area (Å²) in [5, 5.41) is 18.7. The molecule has 11 heteroatoms. The van der Waals surface area contributed by atoms with E-state index < -0.39 is 58.4 Å². The molecule has 10 nitrogen and oxygen atoms in total. The first-order chi connectivity index (χ1) is 17.3. The second kappa shape index (κ2) is 23.1. The first kappa shape index (κ1) is 35.0. The summed E-state index contributed by atoms with van der Waals surface area (Å²) in [5.74, 6) is -1.06. The summed E-state index contributed by atoms with van der Waals surface area (Å²) in [6, 6.07) is 0. The molecule has 3 atom stereocenters. The first-order valence-electron chi connectivity index (χ1n) is 13.5. The molecular weight excluding hydrogens is 491 g/mol. The molecule has 214 valence electrons. The van der Waals surface area contributed by atoms with Crippen molar-refractivity contribution in [2.45, 2.75) is 122 Å². The van der Waals surface area contributed by atoms with Crippen molar-refractivity contribution < 1.29 is 47.8 Å². The summed E-state index contributed by atoms with van der Waals surface area (Å²) < 4.78 is 31.7. The van der Waals surface area contributed by atoms with E-state index in [-0.39, 0.29) is 12.8 Å². The molecule has 0 aliphatic heterocycles. The van der Waals surface area contributed by atoms with Crippen LogP contribution in [0, 0.1) is 0 Å². The Labute approximate surface area is 216 Å². The van der Waals surface area contributed by atoms with Gasteiger partial charge in [-0.3, -0.25) is 18.6 Å². The third kappa shape index (κ3) is 21.1. The number of unbranched alkanes of at least 4 members (excludes halogenated alkanes) is 11. The van der Waals surface area contributed by atoms with Crippen molar-refractivity contribution >= 4 is 19.8 Å². The summed E-state index contributed by atoms with van der Waals surface area (Å²) in [7, 11) is -4.59. The van der Waals surface area contributed by atoms with Crippen LogP contribution in [0.1, 0.15) is 110 Å². The fraction of sp³-hybridized carbons (Fsp3) is 0.920. The molecule has 0 aliphatic rings. The minimum atomic E-state index is -4.59. The molecule has 0 spiro atoms. The molecule has 0 fully saturated rings. The molecule has 0 amide bonds. The molecule has 0 aromatic heterocycles. The van der Waals surface area contributed by atoms with E-state index in [1.807, 2.05) is 6.92 Å². The summed E-state index contributed by atoms with van der Waals surface area (Å²) in [5.41, 5.74) is 0. The van der Waals surface area contributed by atoms with Crippen molar-refractivity contribution in [3.8, 4) is 0 Å². The fourth-order valence-electron chi connectivity index (χ4n) is 3.38. The molecule has 36 heavy (non-hydrogen) atoms. The van der Waals surface area contributed by atoms with Crippen LogP contribution in [-0.2, 0) is 32.7 Å². The van der Waals surface area contributed by atoms with E-state index in [9.17, 15) is 29.3 Å². The largest absolute Gasteiger partial charge is 0.472 e. The molecule has 3 N–H and O–H groups in total. The van der Waals surface area contributed by atoms with E-state index in [4.69, 9.17) is 18.5 Å². The highest BCUT2D eigenvalue weighted by atomic mass is 31.2. The van der Waals surface area contributed by atoms with E-state index in [0.29, 0.717) is 12.8 Å². The third-order valence-corrected chi connectivity index (χ3v) is 6.52. The highest BCUT2D eigenvalue weighted by Crippen LogP contribution is 2.43. The number of phosphoric ester groups is 1. The number of esters is 2. The molecule has 3 unspecified atom stereocenters. The maximum atomic E-state index is 12.0. The third-order valence-electron chi connectivity index (χ3n) is 5.57. The number of phosphoric acid groups is 1. The number of rotatable bonds is 25. The van der Waals surface area contributed by atoms with Gasteiger partial charge in [0.1, 0.15) is 12.2 Å². The highest BCUT2D eigenvalue weighted by Gasteiger charge is 2.27. The number of carbonyl (C=O) groups excluding carboxylic acids is 2. The number of carbonyl (C=O) groups is 2. The Morgan fingerprint density at radius 1 is 0.639 bits per heavy atom. The number of hydrogen-bond donors (Lipinski definition) is 3. The number of hydrogen-bond acceptors (Lipinski definition) is 9.